The van der Waals surface area contributed by atoms with Crippen LogP contribution in [0.1, 0.15) is 24.7 Å². The largest absolute Gasteiger partial charge is 0.481 e. The van der Waals surface area contributed by atoms with Gasteiger partial charge in [0.2, 0.25) is 5.89 Å². The number of benzene rings is 1. The van der Waals surface area contributed by atoms with Gasteiger partial charge in [-0.05, 0) is 26.0 Å². The molecular formula is C13H13F2N3O3. The molecule has 1 amide bonds. The first-order chi connectivity index (χ1) is 9.95. The van der Waals surface area contributed by atoms with Gasteiger partial charge in [-0.25, -0.2) is 8.78 Å². The van der Waals surface area contributed by atoms with Gasteiger partial charge in [0.25, 0.3) is 5.91 Å². The summed E-state index contributed by atoms with van der Waals surface area (Å²) in [5, 5.41) is 6.16. The van der Waals surface area contributed by atoms with Crippen LogP contribution in [0.4, 0.5) is 8.78 Å². The summed E-state index contributed by atoms with van der Waals surface area (Å²) in [4.78, 5) is 15.6. The molecule has 0 radical (unpaired) electrons. The topological polar surface area (TPSA) is 77.2 Å². The molecule has 1 heterocycles. The van der Waals surface area contributed by atoms with Crippen LogP contribution in [0.25, 0.3) is 0 Å². The second kappa shape index (κ2) is 6.29. The number of hydrogen-bond donors (Lipinski definition) is 1. The molecule has 0 saturated carbocycles. The van der Waals surface area contributed by atoms with Crippen molar-refractivity contribution in [1.29, 1.82) is 0 Å². The summed E-state index contributed by atoms with van der Waals surface area (Å²) >= 11 is 0. The van der Waals surface area contributed by atoms with E-state index in [-0.39, 0.29) is 11.6 Å². The molecule has 0 aliphatic carbocycles. The molecule has 6 nitrogen and oxygen atoms in total. The highest BCUT2D eigenvalue weighted by atomic mass is 19.1. The van der Waals surface area contributed by atoms with Crippen molar-refractivity contribution in [3.8, 4) is 5.75 Å². The van der Waals surface area contributed by atoms with Crippen molar-refractivity contribution >= 4 is 5.91 Å². The van der Waals surface area contributed by atoms with Crippen molar-refractivity contribution in [2.24, 2.45) is 0 Å². The minimum Gasteiger partial charge on any atom is -0.481 e. The Bertz CT molecular complexity index is 645. The van der Waals surface area contributed by atoms with Gasteiger partial charge in [-0.15, -0.1) is 0 Å². The lowest BCUT2D eigenvalue weighted by atomic mass is 10.3. The molecule has 0 aliphatic rings. The van der Waals surface area contributed by atoms with E-state index in [0.29, 0.717) is 11.9 Å². The van der Waals surface area contributed by atoms with Gasteiger partial charge in [-0.3, -0.25) is 4.79 Å². The normalized spacial score (nSPS) is 12.0. The molecule has 1 aromatic heterocycles. The van der Waals surface area contributed by atoms with E-state index in [1.54, 1.807) is 13.8 Å². The summed E-state index contributed by atoms with van der Waals surface area (Å²) in [7, 11) is 0. The number of aryl methyl sites for hydroxylation is 1. The van der Waals surface area contributed by atoms with Crippen LogP contribution >= 0.6 is 0 Å². The number of rotatable bonds is 5. The van der Waals surface area contributed by atoms with Crippen molar-refractivity contribution < 1.29 is 22.8 Å². The summed E-state index contributed by atoms with van der Waals surface area (Å²) in [6, 6.07) is 2.33. The van der Waals surface area contributed by atoms with Gasteiger partial charge in [-0.1, -0.05) is 5.16 Å². The van der Waals surface area contributed by atoms with Crippen LogP contribution in [0.5, 0.6) is 5.75 Å². The summed E-state index contributed by atoms with van der Waals surface area (Å²) in [5.41, 5.74) is 0. The second-order valence-electron chi connectivity index (χ2n) is 4.33. The number of amides is 1. The summed E-state index contributed by atoms with van der Waals surface area (Å²) in [5.74, 6) is -1.58. The van der Waals surface area contributed by atoms with Crippen molar-refractivity contribution in [1.82, 2.24) is 15.5 Å². The molecule has 0 aliphatic heterocycles. The van der Waals surface area contributed by atoms with E-state index in [4.69, 9.17) is 9.26 Å². The predicted molar refractivity (Wildman–Crippen MR) is 67.4 cm³/mol. The van der Waals surface area contributed by atoms with Crippen LogP contribution in [0.3, 0.4) is 0 Å². The highest BCUT2D eigenvalue weighted by Crippen LogP contribution is 2.17. The van der Waals surface area contributed by atoms with Crippen molar-refractivity contribution in [2.45, 2.75) is 19.9 Å². The molecule has 112 valence electrons. The van der Waals surface area contributed by atoms with Crippen LogP contribution in [-0.2, 0) is 4.79 Å². The van der Waals surface area contributed by atoms with Gasteiger partial charge < -0.3 is 14.6 Å². The third kappa shape index (κ3) is 3.98. The van der Waals surface area contributed by atoms with E-state index in [0.717, 1.165) is 12.1 Å². The number of nitrogens with zero attached hydrogens (tertiary/aromatic N) is 2. The van der Waals surface area contributed by atoms with Crippen LogP contribution in [0, 0.1) is 18.6 Å². The minimum atomic E-state index is -0.872. The molecule has 2 aromatic rings. The molecule has 1 N–H and O–H groups in total. The fourth-order valence-corrected chi connectivity index (χ4v) is 1.57. The van der Waals surface area contributed by atoms with Crippen LogP contribution < -0.4 is 10.1 Å². The summed E-state index contributed by atoms with van der Waals surface area (Å²) in [6.45, 7) is 2.89. The van der Waals surface area contributed by atoms with E-state index in [1.165, 1.54) is 0 Å². The first-order valence-electron chi connectivity index (χ1n) is 6.13. The lowest BCUT2D eigenvalue weighted by molar-refractivity contribution is -0.123. The number of aromatic nitrogens is 2. The Morgan fingerprint density at radius 1 is 1.48 bits per heavy atom. The smallest absolute Gasteiger partial charge is 0.258 e. The van der Waals surface area contributed by atoms with E-state index in [1.807, 2.05) is 0 Å². The SMILES string of the molecule is Cc1noc([C@@H](C)NC(=O)COc2ccc(F)cc2F)n1. The van der Waals surface area contributed by atoms with Gasteiger partial charge in [0, 0.05) is 6.07 Å². The average Bonchev–Trinajstić information content (AvgIpc) is 2.84. The lowest BCUT2D eigenvalue weighted by Gasteiger charge is -2.11. The van der Waals surface area contributed by atoms with Gasteiger partial charge in [0.1, 0.15) is 11.9 Å². The fourth-order valence-electron chi connectivity index (χ4n) is 1.57. The Morgan fingerprint density at radius 2 is 2.24 bits per heavy atom. The van der Waals surface area contributed by atoms with E-state index >= 15 is 0 Å². The fraction of sp³-hybridized carbons (Fsp3) is 0.308. The van der Waals surface area contributed by atoms with Crippen molar-refractivity contribution in [2.75, 3.05) is 6.61 Å². The Labute approximate surface area is 119 Å². The molecule has 0 fully saturated rings. The number of carbonyl (C=O) groups excluding carboxylic acids is 1. The summed E-state index contributed by atoms with van der Waals surface area (Å²) in [6.07, 6.45) is 0. The molecule has 0 spiro atoms. The van der Waals surface area contributed by atoms with E-state index in [9.17, 15) is 13.6 Å². The molecule has 0 unspecified atom stereocenters. The third-order valence-corrected chi connectivity index (χ3v) is 2.54. The van der Waals surface area contributed by atoms with Gasteiger partial charge in [0.15, 0.2) is 24.0 Å². The molecular weight excluding hydrogens is 284 g/mol. The quantitative estimate of drug-likeness (QED) is 0.912. The molecule has 1 aromatic carbocycles. The zero-order chi connectivity index (χ0) is 15.4. The number of hydrogen-bond acceptors (Lipinski definition) is 5. The average molecular weight is 297 g/mol. The maximum Gasteiger partial charge on any atom is 0.258 e. The minimum absolute atomic E-state index is 0.201. The van der Waals surface area contributed by atoms with Crippen molar-refractivity contribution in [3.63, 3.8) is 0 Å². The maximum atomic E-state index is 13.3. The Morgan fingerprint density at radius 3 is 2.86 bits per heavy atom. The number of nitrogens with one attached hydrogen (secondary N) is 1. The van der Waals surface area contributed by atoms with Gasteiger partial charge >= 0.3 is 0 Å². The second-order valence-corrected chi connectivity index (χ2v) is 4.33. The molecule has 0 saturated heterocycles. The highest BCUT2D eigenvalue weighted by Gasteiger charge is 2.16. The van der Waals surface area contributed by atoms with Crippen LogP contribution in [0.2, 0.25) is 0 Å². The number of ether oxygens (including phenoxy) is 1. The first kappa shape index (κ1) is 14.9. The number of halogens is 2. The highest BCUT2D eigenvalue weighted by molar-refractivity contribution is 5.77. The monoisotopic (exact) mass is 297 g/mol. The van der Waals surface area contributed by atoms with E-state index in [2.05, 4.69) is 15.5 Å². The predicted octanol–water partition coefficient (Wildman–Crippen LogP) is 1.91. The maximum absolute atomic E-state index is 13.3. The van der Waals surface area contributed by atoms with Gasteiger partial charge in [-0.2, -0.15) is 4.98 Å². The van der Waals surface area contributed by atoms with Crippen LogP contribution in [0.15, 0.2) is 22.7 Å². The summed E-state index contributed by atoms with van der Waals surface area (Å²) < 4.78 is 35.9. The Kier molecular flexibility index (Phi) is 4.46. The van der Waals surface area contributed by atoms with Crippen molar-refractivity contribution in [3.05, 3.63) is 41.5 Å². The molecule has 2 rings (SSSR count). The first-order valence-corrected chi connectivity index (χ1v) is 6.13. The Balaban J connectivity index is 1.87. The lowest BCUT2D eigenvalue weighted by Crippen LogP contribution is -2.31. The third-order valence-electron chi connectivity index (χ3n) is 2.54. The molecule has 8 heteroatoms. The standard InChI is InChI=1S/C13H13F2N3O3/c1-7(13-17-8(2)18-21-13)16-12(19)6-20-11-4-3-9(14)5-10(11)15/h3-5,7H,6H2,1-2H3,(H,16,19)/t7-/m1/s1. The number of carbonyl (C=O) groups is 1. The zero-order valence-electron chi connectivity index (χ0n) is 11.4. The molecule has 21 heavy (non-hydrogen) atoms. The molecule has 1 atom stereocenters. The van der Waals surface area contributed by atoms with Gasteiger partial charge in [0.05, 0.1) is 0 Å². The van der Waals surface area contributed by atoms with E-state index < -0.39 is 30.2 Å². The molecule has 0 bridgehead atoms. The zero-order valence-corrected chi connectivity index (χ0v) is 11.4. The Hall–Kier alpha value is -2.51. The van der Waals surface area contributed by atoms with Crippen LogP contribution in [-0.4, -0.2) is 22.7 Å².